The van der Waals surface area contributed by atoms with Crippen LogP contribution in [0.4, 0.5) is 4.79 Å². The summed E-state index contributed by atoms with van der Waals surface area (Å²) in [7, 11) is 0. The average Bonchev–Trinajstić information content (AvgIpc) is 2.15. The highest BCUT2D eigenvalue weighted by Crippen LogP contribution is 1.78. The van der Waals surface area contributed by atoms with Crippen molar-refractivity contribution in [1.82, 2.24) is 9.66 Å². The monoisotopic (exact) mass is 126 g/mol. The van der Waals surface area contributed by atoms with Gasteiger partial charge in [0.05, 0.1) is 0 Å². The summed E-state index contributed by atoms with van der Waals surface area (Å²) in [4.78, 5) is 13.4. The van der Waals surface area contributed by atoms with Crippen molar-refractivity contribution in [3.05, 3.63) is 18.7 Å². The minimum absolute atomic E-state index is 1.18. The molecule has 0 spiro atoms. The number of carbonyl (C=O) groups excluding carboxylic acids is 1. The fraction of sp³-hybridized carbons (Fsp3) is 0. The number of nitrogens with one attached hydrogen (secondary N) is 1. The van der Waals surface area contributed by atoms with Gasteiger partial charge in [0.2, 0.25) is 0 Å². The van der Waals surface area contributed by atoms with Gasteiger partial charge in [0, 0.05) is 12.4 Å². The molecule has 0 aliphatic carbocycles. The number of aromatic nitrogens is 2. The van der Waals surface area contributed by atoms with Crippen molar-refractivity contribution in [1.29, 1.82) is 0 Å². The second-order valence-electron chi connectivity index (χ2n) is 1.37. The van der Waals surface area contributed by atoms with Crippen molar-refractivity contribution >= 4 is 6.09 Å². The first-order valence-corrected chi connectivity index (χ1v) is 2.25. The van der Waals surface area contributed by atoms with Crippen LogP contribution in [0.25, 0.3) is 0 Å². The molecule has 1 heterocycles. The van der Waals surface area contributed by atoms with E-state index >= 15 is 0 Å². The molecule has 0 aliphatic heterocycles. The van der Waals surface area contributed by atoms with Crippen molar-refractivity contribution in [3.63, 3.8) is 0 Å². The molecule has 0 atom stereocenters. The van der Waals surface area contributed by atoms with Gasteiger partial charge in [-0.15, -0.1) is 0 Å². The molecule has 0 aromatic carbocycles. The second kappa shape index (κ2) is 2.17. The predicted molar refractivity (Wildman–Crippen MR) is 27.7 cm³/mol. The molecule has 0 saturated heterocycles. The topological polar surface area (TPSA) is 66.8 Å². The van der Waals surface area contributed by atoms with Crippen LogP contribution in [-0.4, -0.2) is 15.8 Å². The lowest BCUT2D eigenvalue weighted by molar-refractivity contribution is 0.181. The molecule has 0 aliphatic rings. The Hall–Kier alpha value is -1.52. The van der Waals surface area contributed by atoms with E-state index in [-0.39, 0.29) is 0 Å². The van der Waals surface area contributed by atoms with Crippen LogP contribution in [0.1, 0.15) is 0 Å². The second-order valence-corrected chi connectivity index (χ2v) is 1.37. The maximum atomic E-state index is 9.80. The molecule has 1 N–H and O–H groups in total. The largest absolute Gasteiger partial charge is 0.469 e. The number of hydrogen-bond donors (Lipinski definition) is 1. The van der Waals surface area contributed by atoms with E-state index in [0.29, 0.717) is 0 Å². The third-order valence-electron chi connectivity index (χ3n) is 0.725. The van der Waals surface area contributed by atoms with Gasteiger partial charge >= 0.3 is 6.09 Å². The van der Waals surface area contributed by atoms with E-state index in [0.717, 1.165) is 0 Å². The van der Waals surface area contributed by atoms with E-state index < -0.39 is 6.09 Å². The van der Waals surface area contributed by atoms with E-state index in [2.05, 4.69) is 4.98 Å². The summed E-state index contributed by atoms with van der Waals surface area (Å²) < 4.78 is 1.18. The molecular weight excluding hydrogens is 122 g/mol. The minimum Gasteiger partial charge on any atom is -0.246 e. The first-order chi connectivity index (χ1) is 4.29. The van der Waals surface area contributed by atoms with Gasteiger partial charge in [0.15, 0.2) is 0 Å². The lowest BCUT2D eigenvalue weighted by Gasteiger charge is -1.94. The first kappa shape index (κ1) is 5.61. The standard InChI is InChI=1S/C4H4N3O2/c8-4(9)6-7-2-1-5-3-7/h1-3,6H. The van der Waals surface area contributed by atoms with Crippen LogP contribution in [0.15, 0.2) is 18.7 Å². The zero-order chi connectivity index (χ0) is 6.69. The maximum absolute atomic E-state index is 9.80. The quantitative estimate of drug-likeness (QED) is 0.574. The van der Waals surface area contributed by atoms with Gasteiger partial charge in [-0.3, -0.25) is 0 Å². The summed E-state index contributed by atoms with van der Waals surface area (Å²) >= 11 is 0. The van der Waals surface area contributed by atoms with Crippen LogP contribution >= 0.6 is 0 Å². The summed E-state index contributed by atoms with van der Waals surface area (Å²) in [5.74, 6) is 0. The van der Waals surface area contributed by atoms with E-state index in [1.165, 1.54) is 23.4 Å². The fourth-order valence-corrected chi connectivity index (χ4v) is 0.431. The number of carbonyl (C=O) groups is 1. The molecular formula is C4H4N3O2. The van der Waals surface area contributed by atoms with Gasteiger partial charge in [-0.25, -0.2) is 25.0 Å². The Balaban J connectivity index is 2.58. The Morgan fingerprint density at radius 3 is 2.89 bits per heavy atom. The molecule has 47 valence electrons. The van der Waals surface area contributed by atoms with Crippen LogP contribution in [0.3, 0.4) is 0 Å². The molecule has 1 amide bonds. The average molecular weight is 126 g/mol. The highest BCUT2D eigenvalue weighted by molar-refractivity contribution is 5.72. The lowest BCUT2D eigenvalue weighted by atomic mass is 10.9. The van der Waals surface area contributed by atoms with Crippen LogP contribution < -0.4 is 5.43 Å². The molecule has 1 rings (SSSR count). The zero-order valence-corrected chi connectivity index (χ0v) is 4.44. The Labute approximate surface area is 50.9 Å². The van der Waals surface area contributed by atoms with E-state index in [1.54, 1.807) is 0 Å². The number of hydrogen-bond acceptors (Lipinski definition) is 2. The first-order valence-electron chi connectivity index (χ1n) is 2.25. The maximum Gasteiger partial charge on any atom is 0.469 e. The Bertz CT molecular complexity index is 194. The smallest absolute Gasteiger partial charge is 0.246 e. The van der Waals surface area contributed by atoms with Gasteiger partial charge in [0.1, 0.15) is 6.33 Å². The Morgan fingerprint density at radius 2 is 2.44 bits per heavy atom. The third kappa shape index (κ3) is 1.45. The van der Waals surface area contributed by atoms with Crippen molar-refractivity contribution in [2.45, 2.75) is 0 Å². The molecule has 9 heavy (non-hydrogen) atoms. The number of amides is 1. The van der Waals surface area contributed by atoms with Crippen LogP contribution in [0.5, 0.6) is 0 Å². The van der Waals surface area contributed by atoms with Gasteiger partial charge < -0.3 is 0 Å². The highest BCUT2D eigenvalue weighted by Gasteiger charge is 1.94. The molecule has 0 saturated carbocycles. The van der Waals surface area contributed by atoms with Crippen LogP contribution in [0, 0.1) is 0 Å². The SMILES string of the molecule is [O]C(=O)Nn1ccnc1. The molecule has 5 nitrogen and oxygen atoms in total. The molecule has 5 heteroatoms. The van der Waals surface area contributed by atoms with E-state index in [9.17, 15) is 9.90 Å². The van der Waals surface area contributed by atoms with Crippen molar-refractivity contribution in [3.8, 4) is 0 Å². The Kier molecular flexibility index (Phi) is 1.35. The summed E-state index contributed by atoms with van der Waals surface area (Å²) in [6.07, 6.45) is 2.87. The molecule has 1 radical (unpaired) electrons. The van der Waals surface area contributed by atoms with Crippen LogP contribution in [0.2, 0.25) is 0 Å². The molecule has 0 unspecified atom stereocenters. The van der Waals surface area contributed by atoms with Gasteiger partial charge in [0.25, 0.3) is 0 Å². The van der Waals surface area contributed by atoms with Gasteiger partial charge in [-0.1, -0.05) is 0 Å². The zero-order valence-electron chi connectivity index (χ0n) is 4.44. The Morgan fingerprint density at radius 1 is 1.67 bits per heavy atom. The fourth-order valence-electron chi connectivity index (χ4n) is 0.431. The predicted octanol–water partition coefficient (Wildman–Crippen LogP) is -0.0229. The highest BCUT2D eigenvalue weighted by atomic mass is 16.4. The summed E-state index contributed by atoms with van der Waals surface area (Å²) in [5.41, 5.74) is 1.94. The molecule has 1 aromatic heterocycles. The summed E-state index contributed by atoms with van der Waals surface area (Å²) in [6, 6.07) is 0. The summed E-state index contributed by atoms with van der Waals surface area (Å²) in [5, 5.41) is 9.80. The minimum atomic E-state index is -1.35. The van der Waals surface area contributed by atoms with Crippen LogP contribution in [-0.2, 0) is 5.11 Å². The number of nitrogens with zero attached hydrogens (tertiary/aromatic N) is 2. The van der Waals surface area contributed by atoms with Crippen molar-refractivity contribution in [2.75, 3.05) is 5.43 Å². The number of imidazole rings is 1. The van der Waals surface area contributed by atoms with Gasteiger partial charge in [-0.2, -0.15) is 0 Å². The summed E-state index contributed by atoms with van der Waals surface area (Å²) in [6.45, 7) is 0. The van der Waals surface area contributed by atoms with Crippen molar-refractivity contribution < 1.29 is 9.90 Å². The van der Waals surface area contributed by atoms with E-state index in [4.69, 9.17) is 0 Å². The number of rotatable bonds is 1. The van der Waals surface area contributed by atoms with Crippen molar-refractivity contribution in [2.24, 2.45) is 0 Å². The molecule has 1 aromatic rings. The molecule has 0 fully saturated rings. The molecule has 0 bridgehead atoms. The van der Waals surface area contributed by atoms with Gasteiger partial charge in [-0.05, 0) is 0 Å². The lowest BCUT2D eigenvalue weighted by Crippen LogP contribution is -2.17. The third-order valence-corrected chi connectivity index (χ3v) is 0.725. The van der Waals surface area contributed by atoms with E-state index in [1.807, 2.05) is 5.43 Å². The normalized spacial score (nSPS) is 8.89.